The van der Waals surface area contributed by atoms with Gasteiger partial charge in [-0.15, -0.1) is 0 Å². The van der Waals surface area contributed by atoms with Gasteiger partial charge in [-0.05, 0) is 35.4 Å². The van der Waals surface area contributed by atoms with Gasteiger partial charge in [0.2, 0.25) is 17.6 Å². The number of nitrogens with one attached hydrogen (secondary N) is 1. The number of carbonyl (C=O) groups excluding carboxylic acids is 1. The molecule has 0 saturated carbocycles. The fourth-order valence-electron chi connectivity index (χ4n) is 2.98. The summed E-state index contributed by atoms with van der Waals surface area (Å²) in [6.07, 6.45) is 5.60. The molecule has 4 aromatic rings. The van der Waals surface area contributed by atoms with E-state index in [1.807, 2.05) is 36.4 Å². The van der Waals surface area contributed by atoms with E-state index in [1.165, 1.54) is 0 Å². The van der Waals surface area contributed by atoms with E-state index in [0.717, 1.165) is 22.5 Å². The van der Waals surface area contributed by atoms with Crippen LogP contribution < -0.4 is 5.32 Å². The molecule has 0 bridgehead atoms. The van der Waals surface area contributed by atoms with Gasteiger partial charge in [0, 0.05) is 37.3 Å². The minimum Gasteiger partial charge on any atom is -0.467 e. The summed E-state index contributed by atoms with van der Waals surface area (Å²) >= 11 is 0. The van der Waals surface area contributed by atoms with Gasteiger partial charge in [0.1, 0.15) is 12.4 Å². The fraction of sp³-hybridized carbons (Fsp3) is 0.217. The molecule has 158 valence electrons. The van der Waals surface area contributed by atoms with Gasteiger partial charge in [-0.3, -0.25) is 9.78 Å². The van der Waals surface area contributed by atoms with Crippen molar-refractivity contribution < 1.29 is 18.5 Å². The summed E-state index contributed by atoms with van der Waals surface area (Å²) in [5, 5.41) is 6.87. The van der Waals surface area contributed by atoms with Crippen LogP contribution in [0.4, 0.5) is 0 Å². The Bertz CT molecular complexity index is 1090. The summed E-state index contributed by atoms with van der Waals surface area (Å²) in [6.45, 7) is 1.34. The highest BCUT2D eigenvalue weighted by atomic mass is 16.5. The quantitative estimate of drug-likeness (QED) is 0.419. The van der Waals surface area contributed by atoms with Gasteiger partial charge in [0.15, 0.2) is 0 Å². The normalized spacial score (nSPS) is 10.8. The van der Waals surface area contributed by atoms with Crippen LogP contribution in [-0.2, 0) is 35.7 Å². The molecule has 0 aliphatic heterocycles. The minimum absolute atomic E-state index is 0.0804. The second kappa shape index (κ2) is 10.3. The van der Waals surface area contributed by atoms with E-state index >= 15 is 0 Å². The maximum atomic E-state index is 12.2. The Kier molecular flexibility index (Phi) is 6.81. The number of amides is 1. The minimum atomic E-state index is -0.0804. The molecule has 0 unspecified atom stereocenters. The van der Waals surface area contributed by atoms with E-state index in [1.54, 1.807) is 30.8 Å². The number of ether oxygens (including phenoxy) is 1. The third-order valence-corrected chi connectivity index (χ3v) is 4.55. The molecule has 3 heterocycles. The van der Waals surface area contributed by atoms with E-state index in [-0.39, 0.29) is 12.3 Å². The summed E-state index contributed by atoms with van der Waals surface area (Å²) in [7, 11) is 0. The Morgan fingerprint density at radius 3 is 2.74 bits per heavy atom. The molecule has 0 saturated heterocycles. The lowest BCUT2D eigenvalue weighted by molar-refractivity contribution is -0.121. The van der Waals surface area contributed by atoms with Gasteiger partial charge in [-0.25, -0.2) is 0 Å². The number of carbonyl (C=O) groups is 1. The highest BCUT2D eigenvalue weighted by molar-refractivity contribution is 5.76. The molecule has 0 spiro atoms. The van der Waals surface area contributed by atoms with Crippen LogP contribution in [0.25, 0.3) is 11.4 Å². The van der Waals surface area contributed by atoms with Crippen molar-refractivity contribution in [1.82, 2.24) is 20.4 Å². The third kappa shape index (κ3) is 6.10. The maximum absolute atomic E-state index is 12.2. The first-order valence-corrected chi connectivity index (χ1v) is 9.94. The topological polar surface area (TPSA) is 103 Å². The van der Waals surface area contributed by atoms with Crippen LogP contribution in [0.15, 0.2) is 76.1 Å². The molecule has 8 nitrogen and oxygen atoms in total. The lowest BCUT2D eigenvalue weighted by Gasteiger charge is -2.07. The van der Waals surface area contributed by atoms with E-state index < -0.39 is 0 Å². The number of hydrogen-bond donors (Lipinski definition) is 1. The average Bonchev–Trinajstić information content (AvgIpc) is 3.50. The molecule has 3 aromatic heterocycles. The van der Waals surface area contributed by atoms with E-state index in [2.05, 4.69) is 20.4 Å². The van der Waals surface area contributed by atoms with Crippen molar-refractivity contribution in [3.63, 3.8) is 0 Å². The second-order valence-electron chi connectivity index (χ2n) is 6.92. The first-order chi connectivity index (χ1) is 15.3. The molecule has 4 rings (SSSR count). The maximum Gasteiger partial charge on any atom is 0.227 e. The van der Waals surface area contributed by atoms with Crippen LogP contribution in [0.1, 0.15) is 29.2 Å². The second-order valence-corrected chi connectivity index (χ2v) is 6.92. The number of nitrogens with zero attached hydrogens (tertiary/aromatic N) is 3. The van der Waals surface area contributed by atoms with Crippen LogP contribution in [-0.4, -0.2) is 21.0 Å². The van der Waals surface area contributed by atoms with Crippen molar-refractivity contribution in [3.05, 3.63) is 90.0 Å². The van der Waals surface area contributed by atoms with Gasteiger partial charge in [0.25, 0.3) is 0 Å². The number of benzene rings is 1. The first kappa shape index (κ1) is 20.5. The van der Waals surface area contributed by atoms with Crippen molar-refractivity contribution in [2.24, 2.45) is 0 Å². The number of aromatic nitrogens is 3. The molecule has 1 amide bonds. The molecule has 0 fully saturated rings. The summed E-state index contributed by atoms with van der Waals surface area (Å²) < 4.78 is 16.1. The SMILES string of the molecule is O=C(CCc1nc(-c2ccncc2)no1)NCc1cccc(COCc2ccco2)c1. The highest BCUT2D eigenvalue weighted by Gasteiger charge is 2.10. The van der Waals surface area contributed by atoms with Gasteiger partial charge < -0.3 is 19.0 Å². The molecule has 1 aromatic carbocycles. The molecule has 31 heavy (non-hydrogen) atoms. The van der Waals surface area contributed by atoms with Crippen LogP contribution in [0.3, 0.4) is 0 Å². The standard InChI is InChI=1S/C23H22N4O4/c28-21(6-7-22-26-23(27-31-22)19-8-10-24-11-9-19)25-14-17-3-1-4-18(13-17)15-29-16-20-5-2-12-30-20/h1-5,8-13H,6-7,14-16H2,(H,25,28). The van der Waals surface area contributed by atoms with Crippen molar-refractivity contribution in [2.75, 3.05) is 0 Å². The van der Waals surface area contributed by atoms with Crippen molar-refractivity contribution in [1.29, 1.82) is 0 Å². The van der Waals surface area contributed by atoms with E-state index in [9.17, 15) is 4.79 Å². The Morgan fingerprint density at radius 1 is 1.03 bits per heavy atom. The van der Waals surface area contributed by atoms with Crippen molar-refractivity contribution in [2.45, 2.75) is 32.6 Å². The first-order valence-electron chi connectivity index (χ1n) is 9.94. The number of aryl methyl sites for hydroxylation is 1. The molecule has 0 atom stereocenters. The van der Waals surface area contributed by atoms with Gasteiger partial charge >= 0.3 is 0 Å². The van der Waals surface area contributed by atoms with Crippen LogP contribution in [0.2, 0.25) is 0 Å². The molecular weight excluding hydrogens is 396 g/mol. The fourth-order valence-corrected chi connectivity index (χ4v) is 2.98. The lowest BCUT2D eigenvalue weighted by Crippen LogP contribution is -2.23. The molecule has 1 N–H and O–H groups in total. The molecular formula is C23H22N4O4. The van der Waals surface area contributed by atoms with Gasteiger partial charge in [0.05, 0.1) is 12.9 Å². The zero-order chi connectivity index (χ0) is 21.3. The zero-order valence-electron chi connectivity index (χ0n) is 16.9. The third-order valence-electron chi connectivity index (χ3n) is 4.55. The summed E-state index contributed by atoms with van der Waals surface area (Å²) in [5.74, 6) is 1.63. The number of pyridine rings is 1. The van der Waals surface area contributed by atoms with Crippen LogP contribution in [0.5, 0.6) is 0 Å². The van der Waals surface area contributed by atoms with Gasteiger partial charge in [-0.1, -0.05) is 29.4 Å². The molecule has 8 heteroatoms. The Morgan fingerprint density at radius 2 is 1.90 bits per heavy atom. The molecule has 0 radical (unpaired) electrons. The molecule has 0 aliphatic rings. The summed E-state index contributed by atoms with van der Waals surface area (Å²) in [6, 6.07) is 15.2. The predicted octanol–water partition coefficient (Wildman–Crippen LogP) is 3.69. The average molecular weight is 418 g/mol. The van der Waals surface area contributed by atoms with E-state index in [4.69, 9.17) is 13.7 Å². The number of rotatable bonds is 10. The Balaban J connectivity index is 1.20. The van der Waals surface area contributed by atoms with Crippen LogP contribution in [0, 0.1) is 0 Å². The molecule has 0 aliphatic carbocycles. The lowest BCUT2D eigenvalue weighted by atomic mass is 10.1. The Labute approximate surface area is 179 Å². The summed E-state index contributed by atoms with van der Waals surface area (Å²) in [4.78, 5) is 20.5. The van der Waals surface area contributed by atoms with Crippen molar-refractivity contribution >= 4 is 5.91 Å². The van der Waals surface area contributed by atoms with E-state index in [0.29, 0.717) is 37.9 Å². The number of furan rings is 1. The zero-order valence-corrected chi connectivity index (χ0v) is 16.9. The van der Waals surface area contributed by atoms with Crippen LogP contribution >= 0.6 is 0 Å². The monoisotopic (exact) mass is 418 g/mol. The largest absolute Gasteiger partial charge is 0.467 e. The summed E-state index contributed by atoms with van der Waals surface area (Å²) in [5.41, 5.74) is 2.86. The van der Waals surface area contributed by atoms with Crippen molar-refractivity contribution in [3.8, 4) is 11.4 Å². The van der Waals surface area contributed by atoms with Gasteiger partial charge in [-0.2, -0.15) is 4.98 Å². The smallest absolute Gasteiger partial charge is 0.227 e. The highest BCUT2D eigenvalue weighted by Crippen LogP contribution is 2.15. The predicted molar refractivity (Wildman–Crippen MR) is 111 cm³/mol. The Hall–Kier alpha value is -3.78. The number of hydrogen-bond acceptors (Lipinski definition) is 7.